The number of esters is 2. The lowest BCUT2D eigenvalue weighted by Crippen LogP contribution is -2.22. The van der Waals surface area contributed by atoms with Gasteiger partial charge in [0.2, 0.25) is 0 Å². The molecule has 0 radical (unpaired) electrons. The quantitative estimate of drug-likeness (QED) is 0.441. The monoisotopic (exact) mass is 254 g/mol. The van der Waals surface area contributed by atoms with Gasteiger partial charge in [-0.3, -0.25) is 0 Å². The van der Waals surface area contributed by atoms with Crippen molar-refractivity contribution in [3.05, 3.63) is 24.3 Å². The highest BCUT2D eigenvalue weighted by molar-refractivity contribution is 5.84. The topological polar surface area (TPSA) is 52.6 Å². The highest BCUT2D eigenvalue weighted by Crippen LogP contribution is 2.08. The summed E-state index contributed by atoms with van der Waals surface area (Å²) in [4.78, 5) is 22.5. The van der Waals surface area contributed by atoms with Crippen LogP contribution in [0.5, 0.6) is 0 Å². The van der Waals surface area contributed by atoms with Crippen molar-refractivity contribution in [2.24, 2.45) is 0 Å². The highest BCUT2D eigenvalue weighted by atomic mass is 16.6. The second-order valence-electron chi connectivity index (χ2n) is 5.79. The molecule has 0 saturated carbocycles. The molecule has 0 N–H and O–H groups in total. The maximum absolute atomic E-state index is 11.3. The van der Waals surface area contributed by atoms with Crippen LogP contribution in [0, 0.1) is 0 Å². The van der Waals surface area contributed by atoms with E-state index in [1.165, 1.54) is 24.3 Å². The number of carbonyl (C=O) groups excluding carboxylic acids is 2. The van der Waals surface area contributed by atoms with E-state index >= 15 is 0 Å². The van der Waals surface area contributed by atoms with Gasteiger partial charge in [-0.15, -0.1) is 0 Å². The van der Waals surface area contributed by atoms with Crippen LogP contribution >= 0.6 is 0 Å². The molecule has 0 aromatic heterocycles. The first-order valence-corrected chi connectivity index (χ1v) is 5.80. The molecular formula is C14H22O4. The minimum absolute atomic E-state index is 0.448. The molecule has 0 aromatic rings. The fraction of sp³-hybridized carbons (Fsp3) is 0.571. The molecule has 0 bridgehead atoms. The minimum Gasteiger partial charge on any atom is -0.457 e. The molecule has 0 aliphatic heterocycles. The van der Waals surface area contributed by atoms with Crippen LogP contribution < -0.4 is 0 Å². The summed E-state index contributed by atoms with van der Waals surface area (Å²) in [5.74, 6) is -0.896. The predicted molar refractivity (Wildman–Crippen MR) is 70.0 cm³/mol. The standard InChI is InChI=1S/C14H22O4/c1-13(2,3)17-11(15)9-7-8-10-12(16)18-14(4,5)6/h7-10H,1-6H3/b9-7-,10-8-. The van der Waals surface area contributed by atoms with Crippen molar-refractivity contribution in [3.63, 3.8) is 0 Å². The third kappa shape index (κ3) is 10.9. The molecule has 4 nitrogen and oxygen atoms in total. The van der Waals surface area contributed by atoms with Gasteiger partial charge in [0.25, 0.3) is 0 Å². The number of hydrogen-bond donors (Lipinski definition) is 0. The largest absolute Gasteiger partial charge is 0.457 e. The molecule has 0 rings (SSSR count). The number of carbonyl (C=O) groups is 2. The van der Waals surface area contributed by atoms with E-state index < -0.39 is 23.1 Å². The molecule has 0 saturated heterocycles. The zero-order valence-corrected chi connectivity index (χ0v) is 11.9. The SMILES string of the molecule is CC(C)(C)OC(=O)/C=C\C=C/C(=O)OC(C)(C)C. The lowest BCUT2D eigenvalue weighted by Gasteiger charge is -2.18. The van der Waals surface area contributed by atoms with Crippen LogP contribution in [0.15, 0.2) is 24.3 Å². The van der Waals surface area contributed by atoms with Gasteiger partial charge in [0.05, 0.1) is 0 Å². The Balaban J connectivity index is 4.17. The summed E-state index contributed by atoms with van der Waals surface area (Å²) >= 11 is 0. The van der Waals surface area contributed by atoms with Gasteiger partial charge in [-0.1, -0.05) is 12.2 Å². The van der Waals surface area contributed by atoms with Gasteiger partial charge >= 0.3 is 11.9 Å². The van der Waals surface area contributed by atoms with Crippen molar-refractivity contribution >= 4 is 11.9 Å². The van der Waals surface area contributed by atoms with E-state index in [1.54, 1.807) is 41.5 Å². The zero-order chi connectivity index (χ0) is 14.4. The number of allylic oxidation sites excluding steroid dienone is 2. The van der Waals surface area contributed by atoms with Crippen LogP contribution in [0.3, 0.4) is 0 Å². The Bertz CT molecular complexity index is 315. The Morgan fingerprint density at radius 3 is 1.22 bits per heavy atom. The molecule has 0 aliphatic carbocycles. The Kier molecular flexibility index (Phi) is 5.82. The summed E-state index contributed by atoms with van der Waals surface area (Å²) in [5, 5.41) is 0. The molecule has 0 aromatic carbocycles. The first kappa shape index (κ1) is 16.4. The highest BCUT2D eigenvalue weighted by Gasteiger charge is 2.14. The van der Waals surface area contributed by atoms with Crippen LogP contribution in [-0.2, 0) is 19.1 Å². The molecule has 102 valence electrons. The smallest absolute Gasteiger partial charge is 0.331 e. The van der Waals surface area contributed by atoms with Crippen LogP contribution in [0.25, 0.3) is 0 Å². The summed E-state index contributed by atoms with van der Waals surface area (Å²) in [6.45, 7) is 10.7. The number of hydrogen-bond acceptors (Lipinski definition) is 4. The minimum atomic E-state index is -0.518. The van der Waals surface area contributed by atoms with E-state index in [-0.39, 0.29) is 0 Å². The van der Waals surface area contributed by atoms with Crippen molar-refractivity contribution in [1.82, 2.24) is 0 Å². The molecule has 18 heavy (non-hydrogen) atoms. The van der Waals surface area contributed by atoms with Crippen LogP contribution in [-0.4, -0.2) is 23.1 Å². The average Bonchev–Trinajstić information content (AvgIpc) is 2.06. The van der Waals surface area contributed by atoms with Gasteiger partial charge in [0.1, 0.15) is 11.2 Å². The second-order valence-corrected chi connectivity index (χ2v) is 5.79. The van der Waals surface area contributed by atoms with Gasteiger partial charge in [-0.2, -0.15) is 0 Å². The third-order valence-electron chi connectivity index (χ3n) is 1.39. The summed E-state index contributed by atoms with van der Waals surface area (Å²) in [7, 11) is 0. The molecule has 0 unspecified atom stereocenters. The maximum Gasteiger partial charge on any atom is 0.331 e. The molecule has 0 amide bonds. The summed E-state index contributed by atoms with van der Waals surface area (Å²) < 4.78 is 10.1. The van der Waals surface area contributed by atoms with Crippen molar-refractivity contribution < 1.29 is 19.1 Å². The van der Waals surface area contributed by atoms with Gasteiger partial charge < -0.3 is 9.47 Å². The molecular weight excluding hydrogens is 232 g/mol. The third-order valence-corrected chi connectivity index (χ3v) is 1.39. The fourth-order valence-corrected chi connectivity index (χ4v) is 0.940. The van der Waals surface area contributed by atoms with Gasteiger partial charge in [-0.25, -0.2) is 9.59 Å². The Morgan fingerprint density at radius 1 is 0.722 bits per heavy atom. The summed E-state index contributed by atoms with van der Waals surface area (Å²) in [5.41, 5.74) is -1.04. The molecule has 0 spiro atoms. The Morgan fingerprint density at radius 2 is 1.00 bits per heavy atom. The molecule has 0 heterocycles. The zero-order valence-electron chi connectivity index (χ0n) is 11.9. The predicted octanol–water partition coefficient (Wildman–Crippen LogP) is 2.78. The van der Waals surface area contributed by atoms with Gasteiger partial charge in [0, 0.05) is 12.2 Å². The lowest BCUT2D eigenvalue weighted by molar-refractivity contribution is -0.149. The number of ether oxygens (including phenoxy) is 2. The van der Waals surface area contributed by atoms with Crippen LogP contribution in [0.1, 0.15) is 41.5 Å². The van der Waals surface area contributed by atoms with Gasteiger partial charge in [0.15, 0.2) is 0 Å². The summed E-state index contributed by atoms with van der Waals surface area (Å²) in [6, 6.07) is 0. The van der Waals surface area contributed by atoms with Crippen molar-refractivity contribution in [2.45, 2.75) is 52.7 Å². The van der Waals surface area contributed by atoms with Crippen molar-refractivity contribution in [1.29, 1.82) is 0 Å². The number of rotatable bonds is 3. The van der Waals surface area contributed by atoms with E-state index in [2.05, 4.69) is 0 Å². The van der Waals surface area contributed by atoms with Gasteiger partial charge in [-0.05, 0) is 41.5 Å². The van der Waals surface area contributed by atoms with E-state index in [0.717, 1.165) is 0 Å². The van der Waals surface area contributed by atoms with E-state index in [0.29, 0.717) is 0 Å². The molecule has 4 heteroatoms. The van der Waals surface area contributed by atoms with Crippen molar-refractivity contribution in [2.75, 3.05) is 0 Å². The molecule has 0 atom stereocenters. The van der Waals surface area contributed by atoms with Crippen molar-refractivity contribution in [3.8, 4) is 0 Å². The van der Waals surface area contributed by atoms with E-state index in [4.69, 9.17) is 9.47 Å². The molecule has 0 fully saturated rings. The Hall–Kier alpha value is -1.58. The maximum atomic E-state index is 11.3. The first-order chi connectivity index (χ1) is 7.99. The van der Waals surface area contributed by atoms with E-state index in [1.807, 2.05) is 0 Å². The fourth-order valence-electron chi connectivity index (χ4n) is 0.940. The van der Waals surface area contributed by atoms with Crippen LogP contribution in [0.4, 0.5) is 0 Å². The normalized spacial score (nSPS) is 13.0. The van der Waals surface area contributed by atoms with Crippen LogP contribution in [0.2, 0.25) is 0 Å². The summed E-state index contributed by atoms with van der Waals surface area (Å²) in [6.07, 6.45) is 5.40. The average molecular weight is 254 g/mol. The molecule has 0 aliphatic rings. The van der Waals surface area contributed by atoms with E-state index in [9.17, 15) is 9.59 Å². The second kappa shape index (κ2) is 6.38. The lowest BCUT2D eigenvalue weighted by atomic mass is 10.2. The first-order valence-electron chi connectivity index (χ1n) is 5.80. The Labute approximate surface area is 109 Å².